The molecule has 1 aliphatic rings. The van der Waals surface area contributed by atoms with E-state index in [1.54, 1.807) is 18.3 Å². The Morgan fingerprint density at radius 1 is 1.26 bits per heavy atom. The number of thiazole rings is 1. The van der Waals surface area contributed by atoms with Gasteiger partial charge in [0.05, 0.1) is 46.5 Å². The molecule has 1 fully saturated rings. The third-order valence-electron chi connectivity index (χ3n) is 8.05. The zero-order valence-corrected chi connectivity index (χ0v) is 24.6. The number of nitrogens with one attached hydrogen (secondary N) is 1. The van der Waals surface area contributed by atoms with Gasteiger partial charge in [0.1, 0.15) is 11.6 Å². The van der Waals surface area contributed by atoms with Crippen LogP contribution in [0, 0.1) is 24.2 Å². The topological polar surface area (TPSA) is 149 Å². The highest BCUT2D eigenvalue weighted by Crippen LogP contribution is 2.44. The number of hydrogen-bond donors (Lipinski definition) is 4. The summed E-state index contributed by atoms with van der Waals surface area (Å²) in [6.07, 6.45) is 0.298. The number of carbonyl (C=O) groups is 3. The van der Waals surface area contributed by atoms with Crippen molar-refractivity contribution in [3.8, 4) is 0 Å². The van der Waals surface area contributed by atoms with E-state index in [9.17, 15) is 24.6 Å². The molecule has 0 bridgehead atoms. The van der Waals surface area contributed by atoms with E-state index in [0.29, 0.717) is 6.42 Å². The molecule has 1 aliphatic heterocycles. The Hall–Kier alpha value is -1.98. The van der Waals surface area contributed by atoms with E-state index in [1.165, 1.54) is 20.8 Å². The molecule has 1 saturated heterocycles. The lowest BCUT2D eigenvalue weighted by Crippen LogP contribution is -2.46. The van der Waals surface area contributed by atoms with E-state index >= 15 is 0 Å². The van der Waals surface area contributed by atoms with Gasteiger partial charge in [0, 0.05) is 29.7 Å². The number of aliphatic carboxylic acids is 1. The molecular formula is C28H44N2O7S. The number of ether oxygens (including phenoxy) is 1. The van der Waals surface area contributed by atoms with Gasteiger partial charge in [-0.25, -0.2) is 4.98 Å². The molecule has 4 N–H and O–H groups in total. The number of rotatable bonds is 16. The lowest BCUT2D eigenvalue weighted by atomic mass is 9.73. The number of aryl methyl sites for hydroxylation is 1. The molecule has 214 valence electrons. The van der Waals surface area contributed by atoms with Crippen molar-refractivity contribution >= 4 is 34.9 Å². The van der Waals surface area contributed by atoms with E-state index in [0.717, 1.165) is 22.7 Å². The van der Waals surface area contributed by atoms with Crippen molar-refractivity contribution in [2.75, 3.05) is 7.05 Å². The second kappa shape index (κ2) is 12.9. The lowest BCUT2D eigenvalue weighted by Gasteiger charge is -2.33. The maximum Gasteiger partial charge on any atom is 0.306 e. The predicted molar refractivity (Wildman–Crippen MR) is 147 cm³/mol. The molecule has 0 spiro atoms. The molecule has 1 aromatic heterocycles. The first-order valence-electron chi connectivity index (χ1n) is 13.1. The van der Waals surface area contributed by atoms with Gasteiger partial charge in [-0.1, -0.05) is 33.3 Å². The van der Waals surface area contributed by atoms with Crippen molar-refractivity contribution < 1.29 is 34.4 Å². The molecule has 1 aromatic rings. The Morgan fingerprint density at radius 3 is 2.42 bits per heavy atom. The molecule has 7 atom stereocenters. The third-order valence-corrected chi connectivity index (χ3v) is 8.84. The molecule has 2 rings (SSSR count). The maximum atomic E-state index is 13.0. The summed E-state index contributed by atoms with van der Waals surface area (Å²) in [6, 6.07) is 0.104. The minimum atomic E-state index is -1.40. The monoisotopic (exact) mass is 552 g/mol. The number of carbonyl (C=O) groups excluding carboxylic acids is 2. The van der Waals surface area contributed by atoms with E-state index in [-0.39, 0.29) is 24.3 Å². The largest absolute Gasteiger partial charge is 0.481 e. The average molecular weight is 553 g/mol. The summed E-state index contributed by atoms with van der Waals surface area (Å²) in [6.45, 7) is 12.0. The molecule has 0 radical (unpaired) electrons. The fourth-order valence-electron chi connectivity index (χ4n) is 4.88. The van der Waals surface area contributed by atoms with Gasteiger partial charge in [-0.05, 0) is 46.7 Å². The minimum Gasteiger partial charge on any atom is -0.481 e. The number of ketones is 2. The van der Waals surface area contributed by atoms with Gasteiger partial charge >= 0.3 is 5.97 Å². The van der Waals surface area contributed by atoms with Crippen LogP contribution in [-0.4, -0.2) is 74.8 Å². The second-order valence-electron chi connectivity index (χ2n) is 11.4. The van der Waals surface area contributed by atoms with Crippen molar-refractivity contribution in [1.82, 2.24) is 10.3 Å². The van der Waals surface area contributed by atoms with Crippen LogP contribution in [0.25, 0.3) is 6.08 Å². The van der Waals surface area contributed by atoms with Gasteiger partial charge in [-0.15, -0.1) is 11.3 Å². The highest BCUT2D eigenvalue weighted by atomic mass is 32.1. The van der Waals surface area contributed by atoms with E-state index in [1.807, 2.05) is 26.3 Å². The first-order chi connectivity index (χ1) is 17.5. The number of carboxylic acids is 1. The number of Topliss-reactive ketones (excluding diaryl/α,β-unsaturated/α-hetero) is 2. The number of hydrogen-bond acceptors (Lipinski definition) is 9. The van der Waals surface area contributed by atoms with Crippen LogP contribution in [0.4, 0.5) is 0 Å². The molecular weight excluding hydrogens is 508 g/mol. The number of aliphatic hydroxyl groups is 2. The minimum absolute atomic E-state index is 0.00877. The van der Waals surface area contributed by atoms with E-state index in [2.05, 4.69) is 23.3 Å². The molecule has 0 aromatic carbocycles. The second-order valence-corrected chi connectivity index (χ2v) is 12.5. The summed E-state index contributed by atoms with van der Waals surface area (Å²) in [5.74, 6) is -3.60. The average Bonchev–Trinajstić information content (AvgIpc) is 3.31. The Bertz CT molecular complexity index is 1040. The van der Waals surface area contributed by atoms with Crippen LogP contribution >= 0.6 is 11.3 Å². The fourth-order valence-corrected chi connectivity index (χ4v) is 5.45. The highest BCUT2D eigenvalue weighted by Gasteiger charge is 2.52. The first kappa shape index (κ1) is 32.2. The van der Waals surface area contributed by atoms with Crippen LogP contribution < -0.4 is 5.32 Å². The number of carboxylic acid groups (broad SMARTS) is 1. The SMILES string of the molecule is CNC(CC1OC1(C)CCC(=O)C(C)C(O)C(C)C(=O)C(C)(C)C(O)CC(=O)O)C(C)=Cc1csc(C)n1. The van der Waals surface area contributed by atoms with Crippen molar-refractivity contribution in [2.45, 2.75) is 104 Å². The normalized spacial score (nSPS) is 23.8. The Morgan fingerprint density at radius 2 is 1.89 bits per heavy atom. The summed E-state index contributed by atoms with van der Waals surface area (Å²) < 4.78 is 5.99. The van der Waals surface area contributed by atoms with Gasteiger partial charge in [0.25, 0.3) is 0 Å². The molecule has 38 heavy (non-hydrogen) atoms. The van der Waals surface area contributed by atoms with Gasteiger partial charge in [-0.3, -0.25) is 14.4 Å². The predicted octanol–water partition coefficient (Wildman–Crippen LogP) is 3.40. The number of nitrogens with zero attached hydrogens (tertiary/aromatic N) is 1. The number of likely N-dealkylation sites (N-methyl/N-ethyl adjacent to an activating group) is 1. The molecule has 9 nitrogen and oxygen atoms in total. The summed E-state index contributed by atoms with van der Waals surface area (Å²) in [7, 11) is 1.91. The quantitative estimate of drug-likeness (QED) is 0.226. The number of aliphatic hydroxyl groups excluding tert-OH is 2. The van der Waals surface area contributed by atoms with Crippen molar-refractivity contribution in [3.63, 3.8) is 0 Å². The van der Waals surface area contributed by atoms with Crippen LogP contribution in [0.5, 0.6) is 0 Å². The molecule has 7 unspecified atom stereocenters. The van der Waals surface area contributed by atoms with Crippen molar-refractivity contribution in [2.24, 2.45) is 17.3 Å². The van der Waals surface area contributed by atoms with E-state index < -0.39 is 53.2 Å². The summed E-state index contributed by atoms with van der Waals surface area (Å²) >= 11 is 1.61. The fraction of sp³-hybridized carbons (Fsp3) is 0.714. The Kier molecular flexibility index (Phi) is 11.0. The van der Waals surface area contributed by atoms with Gasteiger partial charge in [-0.2, -0.15) is 0 Å². The zero-order valence-electron chi connectivity index (χ0n) is 23.8. The van der Waals surface area contributed by atoms with Gasteiger partial charge < -0.3 is 25.4 Å². The third kappa shape index (κ3) is 8.02. The van der Waals surface area contributed by atoms with Gasteiger partial charge in [0.15, 0.2) is 0 Å². The Labute approximate surface area is 229 Å². The molecule has 0 saturated carbocycles. The van der Waals surface area contributed by atoms with Crippen LogP contribution in [0.2, 0.25) is 0 Å². The van der Waals surface area contributed by atoms with Crippen molar-refractivity contribution in [3.05, 3.63) is 21.7 Å². The first-order valence-corrected chi connectivity index (χ1v) is 14.0. The zero-order chi connectivity index (χ0) is 29.0. The van der Waals surface area contributed by atoms with Crippen LogP contribution in [0.15, 0.2) is 11.0 Å². The molecule has 0 aliphatic carbocycles. The highest BCUT2D eigenvalue weighted by molar-refractivity contribution is 7.09. The van der Waals surface area contributed by atoms with E-state index in [4.69, 9.17) is 9.84 Å². The lowest BCUT2D eigenvalue weighted by molar-refractivity contribution is -0.147. The molecule has 0 amide bonds. The summed E-state index contributed by atoms with van der Waals surface area (Å²) in [4.78, 5) is 41.4. The molecule has 10 heteroatoms. The standard InChI is InChI=1S/C28H44N2O7S/c1-15(11-19-14-38-18(4)30-19)20(29-8)12-23-28(7,37-23)10-9-21(31)16(2)25(35)17(3)26(36)27(5,6)22(32)13-24(33)34/h11,14,16-17,20,22-23,25,29,32,35H,9-10,12-13H2,1-8H3,(H,33,34). The van der Waals surface area contributed by atoms with Crippen LogP contribution in [0.1, 0.15) is 77.9 Å². The molecule has 2 heterocycles. The number of epoxide rings is 1. The van der Waals surface area contributed by atoms with Crippen molar-refractivity contribution in [1.29, 1.82) is 0 Å². The number of aromatic nitrogens is 1. The summed E-state index contributed by atoms with van der Waals surface area (Å²) in [5.41, 5.74) is 0.282. The smallest absolute Gasteiger partial charge is 0.306 e. The van der Waals surface area contributed by atoms with Crippen LogP contribution in [0.3, 0.4) is 0 Å². The van der Waals surface area contributed by atoms with Crippen LogP contribution in [-0.2, 0) is 19.1 Å². The summed E-state index contributed by atoms with van der Waals surface area (Å²) in [5, 5.41) is 36.3. The van der Waals surface area contributed by atoms with Gasteiger partial charge in [0.2, 0.25) is 0 Å². The Balaban J connectivity index is 1.91. The maximum absolute atomic E-state index is 13.0.